The summed E-state index contributed by atoms with van der Waals surface area (Å²) in [6, 6.07) is 38.0. The number of hydrogen-bond donors (Lipinski definition) is 1. The lowest BCUT2D eigenvalue weighted by Crippen LogP contribution is -1.99. The molecule has 5 rings (SSSR count). The van der Waals surface area contributed by atoms with Crippen LogP contribution in [0.3, 0.4) is 0 Å². The fourth-order valence-electron chi connectivity index (χ4n) is 3.77. The van der Waals surface area contributed by atoms with Crippen molar-refractivity contribution in [3.05, 3.63) is 115 Å². The molecule has 0 atom stereocenters. The number of hydrogen-bond acceptors (Lipinski definition) is 2. The smallest absolute Gasteiger partial charge is 0.117 e. The summed E-state index contributed by atoms with van der Waals surface area (Å²) in [7, 11) is 0. The van der Waals surface area contributed by atoms with Crippen molar-refractivity contribution in [3.8, 4) is 45.1 Å². The SMILES string of the molecule is Oc1cccc(-n2nc(-c3ccccc3)c(-c3ccccc3)c2-c2ccccc2)c1. The van der Waals surface area contributed by atoms with E-state index < -0.39 is 0 Å². The summed E-state index contributed by atoms with van der Waals surface area (Å²) in [5, 5.41) is 15.2. The number of phenols is 1. The van der Waals surface area contributed by atoms with Crippen LogP contribution in [0.25, 0.3) is 39.3 Å². The quantitative estimate of drug-likeness (QED) is 0.378. The van der Waals surface area contributed by atoms with Gasteiger partial charge in [0, 0.05) is 22.8 Å². The van der Waals surface area contributed by atoms with Gasteiger partial charge in [-0.2, -0.15) is 5.10 Å². The van der Waals surface area contributed by atoms with E-state index in [1.807, 2.05) is 71.4 Å². The standard InChI is InChI=1S/C27H20N2O/c30-24-18-10-17-23(19-24)29-27(22-15-8-3-9-16-22)25(20-11-4-1-5-12-20)26(28-29)21-13-6-2-7-14-21/h1-19,30H. The summed E-state index contributed by atoms with van der Waals surface area (Å²) in [4.78, 5) is 0. The van der Waals surface area contributed by atoms with Crippen LogP contribution in [0.5, 0.6) is 5.75 Å². The molecular weight excluding hydrogens is 368 g/mol. The first-order valence-electron chi connectivity index (χ1n) is 9.90. The van der Waals surface area contributed by atoms with Crippen molar-refractivity contribution in [3.63, 3.8) is 0 Å². The highest BCUT2D eigenvalue weighted by Gasteiger charge is 2.22. The Kier molecular flexibility index (Phi) is 4.62. The maximum Gasteiger partial charge on any atom is 0.117 e. The summed E-state index contributed by atoms with van der Waals surface area (Å²) in [5.74, 6) is 0.213. The molecule has 5 aromatic rings. The molecule has 3 nitrogen and oxygen atoms in total. The highest BCUT2D eigenvalue weighted by atomic mass is 16.3. The van der Waals surface area contributed by atoms with Gasteiger partial charge in [0.05, 0.1) is 11.4 Å². The van der Waals surface area contributed by atoms with Crippen molar-refractivity contribution in [2.24, 2.45) is 0 Å². The Morgan fingerprint density at radius 2 is 1.13 bits per heavy atom. The van der Waals surface area contributed by atoms with E-state index in [1.54, 1.807) is 12.1 Å². The Morgan fingerprint density at radius 3 is 1.73 bits per heavy atom. The fraction of sp³-hybridized carbons (Fsp3) is 0. The Morgan fingerprint density at radius 1 is 0.567 bits per heavy atom. The first-order valence-corrected chi connectivity index (χ1v) is 9.90. The zero-order chi connectivity index (χ0) is 20.3. The van der Waals surface area contributed by atoms with Gasteiger partial charge in [-0.25, -0.2) is 4.68 Å². The van der Waals surface area contributed by atoms with Gasteiger partial charge in [-0.1, -0.05) is 97.1 Å². The second kappa shape index (κ2) is 7.72. The Hall–Kier alpha value is -4.11. The van der Waals surface area contributed by atoms with Crippen LogP contribution >= 0.6 is 0 Å². The minimum absolute atomic E-state index is 0.213. The lowest BCUT2D eigenvalue weighted by atomic mass is 9.96. The van der Waals surface area contributed by atoms with Gasteiger partial charge in [-0.15, -0.1) is 0 Å². The summed E-state index contributed by atoms with van der Waals surface area (Å²) in [5.41, 5.74) is 6.99. The van der Waals surface area contributed by atoms with E-state index in [0.717, 1.165) is 39.3 Å². The molecule has 1 aromatic heterocycles. The Labute approximate surface area is 175 Å². The van der Waals surface area contributed by atoms with Crippen molar-refractivity contribution >= 4 is 0 Å². The van der Waals surface area contributed by atoms with Crippen LogP contribution in [-0.4, -0.2) is 14.9 Å². The van der Waals surface area contributed by atoms with E-state index in [4.69, 9.17) is 5.10 Å². The average molecular weight is 388 g/mol. The molecule has 30 heavy (non-hydrogen) atoms. The minimum Gasteiger partial charge on any atom is -0.508 e. The molecule has 4 aromatic carbocycles. The Bertz CT molecular complexity index is 1280. The molecule has 0 saturated carbocycles. The molecule has 144 valence electrons. The molecule has 1 N–H and O–H groups in total. The second-order valence-corrected chi connectivity index (χ2v) is 7.10. The van der Waals surface area contributed by atoms with Crippen molar-refractivity contribution in [2.45, 2.75) is 0 Å². The van der Waals surface area contributed by atoms with Gasteiger partial charge in [-0.3, -0.25) is 0 Å². The van der Waals surface area contributed by atoms with E-state index in [-0.39, 0.29) is 5.75 Å². The van der Waals surface area contributed by atoms with Crippen LogP contribution < -0.4 is 0 Å². The predicted octanol–water partition coefficient (Wildman–Crippen LogP) is 6.58. The van der Waals surface area contributed by atoms with E-state index in [9.17, 15) is 5.11 Å². The number of rotatable bonds is 4. The van der Waals surface area contributed by atoms with E-state index in [2.05, 4.69) is 36.4 Å². The number of aromatic hydroxyl groups is 1. The first-order chi connectivity index (χ1) is 14.8. The molecule has 0 spiro atoms. The molecule has 0 unspecified atom stereocenters. The minimum atomic E-state index is 0.213. The van der Waals surface area contributed by atoms with Crippen LogP contribution in [0.1, 0.15) is 0 Å². The van der Waals surface area contributed by atoms with Crippen LogP contribution in [0, 0.1) is 0 Å². The second-order valence-electron chi connectivity index (χ2n) is 7.10. The highest BCUT2D eigenvalue weighted by molar-refractivity contribution is 5.92. The third-order valence-electron chi connectivity index (χ3n) is 5.12. The van der Waals surface area contributed by atoms with Crippen LogP contribution in [0.15, 0.2) is 115 Å². The van der Waals surface area contributed by atoms with Crippen molar-refractivity contribution in [1.82, 2.24) is 9.78 Å². The molecule has 0 fully saturated rings. The van der Waals surface area contributed by atoms with Gasteiger partial charge < -0.3 is 5.11 Å². The van der Waals surface area contributed by atoms with Crippen molar-refractivity contribution in [1.29, 1.82) is 0 Å². The summed E-state index contributed by atoms with van der Waals surface area (Å²) >= 11 is 0. The monoisotopic (exact) mass is 388 g/mol. The molecule has 1 heterocycles. The number of nitrogens with zero attached hydrogens (tertiary/aromatic N) is 2. The predicted molar refractivity (Wildman–Crippen MR) is 122 cm³/mol. The molecule has 0 aliphatic carbocycles. The Balaban J connectivity index is 1.89. The largest absolute Gasteiger partial charge is 0.508 e. The van der Waals surface area contributed by atoms with Gasteiger partial charge >= 0.3 is 0 Å². The third-order valence-corrected chi connectivity index (χ3v) is 5.12. The van der Waals surface area contributed by atoms with Crippen LogP contribution in [0.2, 0.25) is 0 Å². The molecule has 0 saturated heterocycles. The normalized spacial score (nSPS) is 10.8. The van der Waals surface area contributed by atoms with Crippen LogP contribution in [-0.2, 0) is 0 Å². The molecule has 0 bridgehead atoms. The van der Waals surface area contributed by atoms with E-state index in [0.29, 0.717) is 0 Å². The van der Waals surface area contributed by atoms with Gasteiger partial charge in [0.25, 0.3) is 0 Å². The molecule has 3 heteroatoms. The topological polar surface area (TPSA) is 38.0 Å². The maximum absolute atomic E-state index is 10.1. The summed E-state index contributed by atoms with van der Waals surface area (Å²) in [6.07, 6.45) is 0. The molecule has 0 amide bonds. The fourth-order valence-corrected chi connectivity index (χ4v) is 3.77. The maximum atomic E-state index is 10.1. The first kappa shape index (κ1) is 18.0. The lowest BCUT2D eigenvalue weighted by molar-refractivity contribution is 0.475. The zero-order valence-electron chi connectivity index (χ0n) is 16.3. The third kappa shape index (κ3) is 3.27. The molecule has 0 radical (unpaired) electrons. The molecule has 0 aliphatic heterocycles. The van der Waals surface area contributed by atoms with Gasteiger partial charge in [0.15, 0.2) is 0 Å². The van der Waals surface area contributed by atoms with Gasteiger partial charge in [0.1, 0.15) is 11.4 Å². The summed E-state index contributed by atoms with van der Waals surface area (Å²) in [6.45, 7) is 0. The van der Waals surface area contributed by atoms with Crippen LogP contribution in [0.4, 0.5) is 0 Å². The number of aromatic nitrogens is 2. The highest BCUT2D eigenvalue weighted by Crippen LogP contribution is 2.41. The van der Waals surface area contributed by atoms with Crippen molar-refractivity contribution < 1.29 is 5.11 Å². The van der Waals surface area contributed by atoms with Crippen molar-refractivity contribution in [2.75, 3.05) is 0 Å². The lowest BCUT2D eigenvalue weighted by Gasteiger charge is -2.11. The van der Waals surface area contributed by atoms with E-state index >= 15 is 0 Å². The van der Waals surface area contributed by atoms with Gasteiger partial charge in [-0.05, 0) is 17.7 Å². The number of phenolic OH excluding ortho intramolecular Hbond substituents is 1. The van der Waals surface area contributed by atoms with Gasteiger partial charge in [0.2, 0.25) is 0 Å². The molecular formula is C27H20N2O. The average Bonchev–Trinajstić information content (AvgIpc) is 3.22. The summed E-state index contributed by atoms with van der Waals surface area (Å²) < 4.78 is 1.93. The van der Waals surface area contributed by atoms with E-state index in [1.165, 1.54) is 0 Å². The number of benzene rings is 4. The zero-order valence-corrected chi connectivity index (χ0v) is 16.3. The molecule has 0 aliphatic rings.